The predicted molar refractivity (Wildman–Crippen MR) is 44.2 cm³/mol. The van der Waals surface area contributed by atoms with Crippen molar-refractivity contribution < 1.29 is 19.2 Å². The van der Waals surface area contributed by atoms with Gasteiger partial charge in [-0.15, -0.1) is 5.06 Å². The van der Waals surface area contributed by atoms with Crippen LogP contribution in [0.4, 0.5) is 0 Å². The lowest BCUT2D eigenvalue weighted by atomic mass is 10.3. The quantitative estimate of drug-likeness (QED) is 0.595. The van der Waals surface area contributed by atoms with Gasteiger partial charge in [0, 0.05) is 20.3 Å². The van der Waals surface area contributed by atoms with Gasteiger partial charge in [0.25, 0.3) is 11.8 Å². The van der Waals surface area contributed by atoms with Gasteiger partial charge in [0.05, 0.1) is 0 Å². The van der Waals surface area contributed by atoms with Crippen molar-refractivity contribution >= 4 is 17.8 Å². The Kier molecular flexibility index (Phi) is 4.72. The van der Waals surface area contributed by atoms with Crippen molar-refractivity contribution in [3.8, 4) is 0 Å². The van der Waals surface area contributed by atoms with Gasteiger partial charge < -0.3 is 4.84 Å². The number of carbonyl (C=O) groups is 3. The van der Waals surface area contributed by atoms with E-state index in [-0.39, 0.29) is 6.42 Å². The zero-order valence-electron chi connectivity index (χ0n) is 7.99. The molecule has 0 N–H and O–H groups in total. The van der Waals surface area contributed by atoms with E-state index in [1.165, 1.54) is 0 Å². The van der Waals surface area contributed by atoms with E-state index in [1.807, 2.05) is 0 Å². The number of hydroxylamine groups is 2. The summed E-state index contributed by atoms with van der Waals surface area (Å²) in [5.41, 5.74) is 0. The molecule has 74 valence electrons. The topological polar surface area (TPSA) is 63.7 Å². The van der Waals surface area contributed by atoms with E-state index in [4.69, 9.17) is 0 Å². The maximum atomic E-state index is 11.1. The SMILES string of the molecule is CCCC(=O)N(OC(C)=O)C(C)=O. The Bertz CT molecular complexity index is 224. The molecule has 0 saturated carbocycles. The highest BCUT2D eigenvalue weighted by Crippen LogP contribution is 1.99. The van der Waals surface area contributed by atoms with Crippen LogP contribution in [0.15, 0.2) is 0 Å². The maximum absolute atomic E-state index is 11.1. The number of carbonyl (C=O) groups excluding carboxylic acids is 3. The highest BCUT2D eigenvalue weighted by Gasteiger charge is 2.20. The smallest absolute Gasteiger partial charge is 0.330 e. The van der Waals surface area contributed by atoms with Crippen molar-refractivity contribution in [2.45, 2.75) is 33.6 Å². The largest absolute Gasteiger partial charge is 0.331 e. The number of hydrogen-bond acceptors (Lipinski definition) is 4. The summed E-state index contributed by atoms with van der Waals surface area (Å²) in [6.45, 7) is 4.09. The highest BCUT2D eigenvalue weighted by molar-refractivity contribution is 5.93. The lowest BCUT2D eigenvalue weighted by Gasteiger charge is -2.15. The van der Waals surface area contributed by atoms with Gasteiger partial charge >= 0.3 is 5.97 Å². The van der Waals surface area contributed by atoms with Crippen LogP contribution >= 0.6 is 0 Å². The third-order valence-corrected chi connectivity index (χ3v) is 1.20. The van der Waals surface area contributed by atoms with E-state index in [2.05, 4.69) is 4.84 Å². The second kappa shape index (κ2) is 5.29. The average molecular weight is 187 g/mol. The van der Waals surface area contributed by atoms with Crippen LogP contribution in [-0.2, 0) is 19.2 Å². The third-order valence-electron chi connectivity index (χ3n) is 1.20. The summed E-state index contributed by atoms with van der Waals surface area (Å²) in [6.07, 6.45) is 0.788. The van der Waals surface area contributed by atoms with Crippen molar-refractivity contribution in [1.29, 1.82) is 0 Å². The summed E-state index contributed by atoms with van der Waals surface area (Å²) >= 11 is 0. The minimum absolute atomic E-state index is 0.187. The third kappa shape index (κ3) is 4.25. The molecule has 0 unspecified atom stereocenters. The highest BCUT2D eigenvalue weighted by atomic mass is 16.7. The monoisotopic (exact) mass is 187 g/mol. The number of imide groups is 1. The fourth-order valence-corrected chi connectivity index (χ4v) is 0.735. The molecule has 0 saturated heterocycles. The van der Waals surface area contributed by atoms with Gasteiger partial charge in [0.15, 0.2) is 0 Å². The zero-order valence-corrected chi connectivity index (χ0v) is 7.99. The Morgan fingerprint density at radius 3 is 2.08 bits per heavy atom. The summed E-state index contributed by atoms with van der Waals surface area (Å²) < 4.78 is 0. The van der Waals surface area contributed by atoms with Gasteiger partial charge in [0.2, 0.25) is 0 Å². The first-order valence-corrected chi connectivity index (χ1v) is 4.01. The molecule has 0 aromatic heterocycles. The summed E-state index contributed by atoms with van der Waals surface area (Å²) in [5.74, 6) is -1.77. The lowest BCUT2D eigenvalue weighted by molar-refractivity contribution is -0.200. The van der Waals surface area contributed by atoms with Crippen LogP contribution in [0.2, 0.25) is 0 Å². The molecule has 0 aliphatic heterocycles. The van der Waals surface area contributed by atoms with Crippen molar-refractivity contribution in [1.82, 2.24) is 5.06 Å². The van der Waals surface area contributed by atoms with Crippen LogP contribution in [0, 0.1) is 0 Å². The first kappa shape index (κ1) is 11.6. The fourth-order valence-electron chi connectivity index (χ4n) is 0.735. The van der Waals surface area contributed by atoms with Gasteiger partial charge in [0.1, 0.15) is 0 Å². The number of hydrogen-bond donors (Lipinski definition) is 0. The van der Waals surface area contributed by atoms with Crippen LogP contribution in [0.25, 0.3) is 0 Å². The average Bonchev–Trinajstić information content (AvgIpc) is 1.99. The van der Waals surface area contributed by atoms with Crippen molar-refractivity contribution in [3.05, 3.63) is 0 Å². The minimum atomic E-state index is -0.681. The molecule has 0 heterocycles. The zero-order chi connectivity index (χ0) is 10.4. The molecule has 0 aromatic carbocycles. The van der Waals surface area contributed by atoms with Crippen LogP contribution in [0.1, 0.15) is 33.6 Å². The molecule has 0 fully saturated rings. The molecule has 0 aliphatic carbocycles. The van der Waals surface area contributed by atoms with Crippen LogP contribution in [0.3, 0.4) is 0 Å². The Balaban J connectivity index is 4.32. The molecule has 0 atom stereocenters. The second-order valence-electron chi connectivity index (χ2n) is 2.54. The van der Waals surface area contributed by atoms with E-state index in [9.17, 15) is 14.4 Å². The molecule has 0 radical (unpaired) electrons. The molecule has 13 heavy (non-hydrogen) atoms. The van der Waals surface area contributed by atoms with Gasteiger partial charge in [-0.05, 0) is 6.42 Å². The Morgan fingerprint density at radius 1 is 1.23 bits per heavy atom. The molecule has 0 bridgehead atoms. The maximum Gasteiger partial charge on any atom is 0.330 e. The summed E-state index contributed by atoms with van der Waals surface area (Å²) in [7, 11) is 0. The summed E-state index contributed by atoms with van der Waals surface area (Å²) in [6, 6.07) is 0. The minimum Gasteiger partial charge on any atom is -0.331 e. The molecule has 0 rings (SSSR count). The first-order chi connectivity index (χ1) is 5.99. The van der Waals surface area contributed by atoms with E-state index in [1.54, 1.807) is 6.92 Å². The molecular formula is C8H13NO4. The van der Waals surface area contributed by atoms with Gasteiger partial charge in [-0.1, -0.05) is 6.92 Å². The Hall–Kier alpha value is -1.39. The molecule has 0 spiro atoms. The van der Waals surface area contributed by atoms with E-state index in [0.29, 0.717) is 11.5 Å². The summed E-state index contributed by atoms with van der Waals surface area (Å²) in [4.78, 5) is 36.9. The molecule has 5 heteroatoms. The number of amides is 2. The summed E-state index contributed by atoms with van der Waals surface area (Å²) in [5, 5.41) is 0.492. The first-order valence-electron chi connectivity index (χ1n) is 4.01. The molecule has 5 nitrogen and oxygen atoms in total. The van der Waals surface area contributed by atoms with Crippen LogP contribution in [-0.4, -0.2) is 22.8 Å². The molecule has 2 amide bonds. The molecule has 0 aliphatic rings. The van der Waals surface area contributed by atoms with Gasteiger partial charge in [-0.2, -0.15) is 0 Å². The van der Waals surface area contributed by atoms with E-state index in [0.717, 1.165) is 13.8 Å². The fraction of sp³-hybridized carbons (Fsp3) is 0.625. The van der Waals surface area contributed by atoms with E-state index < -0.39 is 17.8 Å². The second-order valence-corrected chi connectivity index (χ2v) is 2.54. The Labute approximate surface area is 76.6 Å². The lowest BCUT2D eigenvalue weighted by Crippen LogP contribution is -2.36. The Morgan fingerprint density at radius 2 is 1.77 bits per heavy atom. The van der Waals surface area contributed by atoms with Gasteiger partial charge in [-0.25, -0.2) is 4.79 Å². The van der Waals surface area contributed by atoms with Crippen molar-refractivity contribution in [2.75, 3.05) is 0 Å². The normalized spacial score (nSPS) is 9.15. The van der Waals surface area contributed by atoms with Crippen LogP contribution in [0.5, 0.6) is 0 Å². The van der Waals surface area contributed by atoms with Crippen molar-refractivity contribution in [2.24, 2.45) is 0 Å². The number of rotatable bonds is 2. The standard InChI is InChI=1S/C8H13NO4/c1-4-5-8(12)9(6(2)10)13-7(3)11/h4-5H2,1-3H3. The van der Waals surface area contributed by atoms with Crippen LogP contribution < -0.4 is 0 Å². The molecular weight excluding hydrogens is 174 g/mol. The van der Waals surface area contributed by atoms with Gasteiger partial charge in [-0.3, -0.25) is 9.59 Å². The predicted octanol–water partition coefficient (Wildman–Crippen LogP) is 0.640. The molecule has 0 aromatic rings. The van der Waals surface area contributed by atoms with E-state index >= 15 is 0 Å². The number of nitrogens with zero attached hydrogens (tertiary/aromatic N) is 1. The van der Waals surface area contributed by atoms with Crippen molar-refractivity contribution in [3.63, 3.8) is 0 Å².